The highest BCUT2D eigenvalue weighted by atomic mass is 16.5. The van der Waals surface area contributed by atoms with Crippen LogP contribution in [0, 0.1) is 6.92 Å². The van der Waals surface area contributed by atoms with E-state index in [9.17, 15) is 14.7 Å². The molecule has 0 spiro atoms. The molecule has 0 saturated carbocycles. The second-order valence-corrected chi connectivity index (χ2v) is 8.50. The number of Topliss-reactive ketones (excluding diaryl/α,β-unsaturated/α-hetero) is 1. The van der Waals surface area contributed by atoms with Gasteiger partial charge in [0, 0.05) is 11.8 Å². The molecule has 1 aliphatic heterocycles. The Balaban J connectivity index is 1.95. The molecule has 1 saturated heterocycles. The summed E-state index contributed by atoms with van der Waals surface area (Å²) in [5.41, 5.74) is 2.26. The molecular weight excluding hydrogens is 458 g/mol. The Hall–Kier alpha value is -4.26. The third-order valence-electron chi connectivity index (χ3n) is 6.03. The summed E-state index contributed by atoms with van der Waals surface area (Å²) in [6, 6.07) is 18.5. The fourth-order valence-corrected chi connectivity index (χ4v) is 4.32. The molecule has 1 amide bonds. The van der Waals surface area contributed by atoms with Gasteiger partial charge in [-0.1, -0.05) is 36.8 Å². The van der Waals surface area contributed by atoms with E-state index in [0.29, 0.717) is 40.7 Å². The summed E-state index contributed by atoms with van der Waals surface area (Å²) in [5, 5.41) is 11.5. The average molecular weight is 488 g/mol. The van der Waals surface area contributed by atoms with E-state index < -0.39 is 17.7 Å². The zero-order chi connectivity index (χ0) is 25.8. The summed E-state index contributed by atoms with van der Waals surface area (Å²) >= 11 is 0. The number of aryl methyl sites for hydroxylation is 1. The number of hydrogen-bond acceptors (Lipinski definition) is 6. The van der Waals surface area contributed by atoms with Crippen LogP contribution in [-0.4, -0.2) is 37.6 Å². The lowest BCUT2D eigenvalue weighted by molar-refractivity contribution is -0.132. The van der Waals surface area contributed by atoms with E-state index in [1.165, 1.54) is 12.0 Å². The third-order valence-corrected chi connectivity index (χ3v) is 6.03. The molecular formula is C29H29NO6. The molecule has 1 heterocycles. The number of aliphatic hydroxyl groups excluding tert-OH is 1. The van der Waals surface area contributed by atoms with Crippen molar-refractivity contribution in [2.24, 2.45) is 0 Å². The Morgan fingerprint density at radius 3 is 2.42 bits per heavy atom. The molecule has 7 heteroatoms. The Bertz CT molecular complexity index is 1330. The number of ether oxygens (including phenoxy) is 3. The van der Waals surface area contributed by atoms with Crippen molar-refractivity contribution >= 4 is 23.1 Å². The summed E-state index contributed by atoms with van der Waals surface area (Å²) < 4.78 is 16.6. The van der Waals surface area contributed by atoms with Crippen LogP contribution < -0.4 is 19.1 Å². The first-order chi connectivity index (χ1) is 17.4. The van der Waals surface area contributed by atoms with Crippen LogP contribution in [0.2, 0.25) is 0 Å². The van der Waals surface area contributed by atoms with Crippen molar-refractivity contribution in [2.75, 3.05) is 25.7 Å². The quantitative estimate of drug-likeness (QED) is 0.259. The molecule has 0 radical (unpaired) electrons. The molecule has 1 atom stereocenters. The first-order valence-corrected chi connectivity index (χ1v) is 11.7. The maximum Gasteiger partial charge on any atom is 0.300 e. The van der Waals surface area contributed by atoms with Gasteiger partial charge in [-0.2, -0.15) is 0 Å². The predicted molar refractivity (Wildman–Crippen MR) is 138 cm³/mol. The van der Waals surface area contributed by atoms with Crippen LogP contribution in [0.4, 0.5) is 5.69 Å². The van der Waals surface area contributed by atoms with Gasteiger partial charge in [0.05, 0.1) is 38.0 Å². The molecule has 7 nitrogen and oxygen atoms in total. The molecule has 3 aromatic carbocycles. The largest absolute Gasteiger partial charge is 0.507 e. The lowest BCUT2D eigenvalue weighted by Crippen LogP contribution is -2.29. The lowest BCUT2D eigenvalue weighted by atomic mass is 9.94. The van der Waals surface area contributed by atoms with Gasteiger partial charge in [-0.3, -0.25) is 14.5 Å². The molecule has 1 unspecified atom stereocenters. The Morgan fingerprint density at radius 2 is 1.69 bits per heavy atom. The second kappa shape index (κ2) is 10.6. The third kappa shape index (κ3) is 4.64. The fraction of sp³-hybridized carbons (Fsp3) is 0.241. The Labute approximate surface area is 210 Å². The summed E-state index contributed by atoms with van der Waals surface area (Å²) in [6.07, 6.45) is 0.830. The number of amides is 1. The van der Waals surface area contributed by atoms with Crippen LogP contribution >= 0.6 is 0 Å². The molecule has 36 heavy (non-hydrogen) atoms. The van der Waals surface area contributed by atoms with Gasteiger partial charge in [-0.05, 0) is 55.3 Å². The lowest BCUT2D eigenvalue weighted by Gasteiger charge is -2.26. The maximum absolute atomic E-state index is 13.5. The second-order valence-electron chi connectivity index (χ2n) is 8.50. The van der Waals surface area contributed by atoms with E-state index in [1.807, 2.05) is 19.9 Å². The van der Waals surface area contributed by atoms with Crippen molar-refractivity contribution < 1.29 is 28.9 Å². The van der Waals surface area contributed by atoms with E-state index in [2.05, 4.69) is 0 Å². The number of aliphatic hydroxyl groups is 1. The fourth-order valence-electron chi connectivity index (χ4n) is 4.32. The monoisotopic (exact) mass is 487 g/mol. The van der Waals surface area contributed by atoms with Crippen molar-refractivity contribution in [3.8, 4) is 17.2 Å². The topological polar surface area (TPSA) is 85.3 Å². The van der Waals surface area contributed by atoms with E-state index in [4.69, 9.17) is 14.2 Å². The van der Waals surface area contributed by atoms with Gasteiger partial charge < -0.3 is 19.3 Å². The van der Waals surface area contributed by atoms with E-state index in [-0.39, 0.29) is 11.3 Å². The number of methoxy groups -OCH3 is 2. The minimum absolute atomic E-state index is 0.0305. The van der Waals surface area contributed by atoms with Crippen molar-refractivity contribution in [1.82, 2.24) is 0 Å². The number of hydrogen-bond donors (Lipinski definition) is 1. The number of anilines is 1. The summed E-state index contributed by atoms with van der Waals surface area (Å²) in [7, 11) is 3.03. The first-order valence-electron chi connectivity index (χ1n) is 11.7. The highest BCUT2D eigenvalue weighted by Gasteiger charge is 2.47. The summed E-state index contributed by atoms with van der Waals surface area (Å²) in [5.74, 6) is -0.300. The molecule has 0 aliphatic carbocycles. The average Bonchev–Trinajstić information content (AvgIpc) is 3.17. The van der Waals surface area contributed by atoms with Crippen LogP contribution in [0.15, 0.2) is 72.3 Å². The summed E-state index contributed by atoms with van der Waals surface area (Å²) in [4.78, 5) is 28.3. The molecule has 186 valence electrons. The van der Waals surface area contributed by atoms with Gasteiger partial charge in [0.25, 0.3) is 11.7 Å². The van der Waals surface area contributed by atoms with Gasteiger partial charge in [0.15, 0.2) is 0 Å². The van der Waals surface area contributed by atoms with Gasteiger partial charge in [0.2, 0.25) is 0 Å². The normalized spacial score (nSPS) is 16.8. The molecule has 1 N–H and O–H groups in total. The minimum Gasteiger partial charge on any atom is -0.507 e. The molecule has 1 fully saturated rings. The van der Waals surface area contributed by atoms with Crippen LogP contribution in [0.1, 0.15) is 36.1 Å². The van der Waals surface area contributed by atoms with Crippen molar-refractivity contribution in [3.05, 3.63) is 89.0 Å². The summed E-state index contributed by atoms with van der Waals surface area (Å²) in [6.45, 7) is 4.40. The van der Waals surface area contributed by atoms with Crippen LogP contribution in [-0.2, 0) is 9.59 Å². The van der Waals surface area contributed by atoms with Crippen molar-refractivity contribution in [2.45, 2.75) is 26.3 Å². The maximum atomic E-state index is 13.5. The van der Waals surface area contributed by atoms with Crippen LogP contribution in [0.5, 0.6) is 17.2 Å². The number of carbonyl (C=O) groups excluding carboxylic acids is 2. The molecule has 3 aromatic rings. The first kappa shape index (κ1) is 24.9. The Morgan fingerprint density at radius 1 is 0.944 bits per heavy atom. The van der Waals surface area contributed by atoms with Crippen molar-refractivity contribution in [1.29, 1.82) is 0 Å². The number of carbonyl (C=O) groups is 2. The highest BCUT2D eigenvalue weighted by Crippen LogP contribution is 2.44. The molecule has 0 aromatic heterocycles. The number of benzene rings is 3. The Kier molecular flexibility index (Phi) is 7.29. The molecule has 0 bridgehead atoms. The zero-order valence-corrected chi connectivity index (χ0v) is 20.8. The van der Waals surface area contributed by atoms with Crippen molar-refractivity contribution in [3.63, 3.8) is 0 Å². The van der Waals surface area contributed by atoms with Gasteiger partial charge in [-0.25, -0.2) is 0 Å². The predicted octanol–water partition coefficient (Wildman–Crippen LogP) is 5.43. The van der Waals surface area contributed by atoms with Gasteiger partial charge >= 0.3 is 0 Å². The smallest absolute Gasteiger partial charge is 0.300 e. The zero-order valence-electron chi connectivity index (χ0n) is 20.8. The van der Waals surface area contributed by atoms with E-state index >= 15 is 0 Å². The standard InChI is InChI=1S/C29H29NO6/c1-5-14-36-22-11-7-9-20(17-22)30-26(19-8-6-10-21(16-19)34-3)25(28(32)29(30)33)27(31)23-15-18(2)12-13-24(23)35-4/h6-13,15-17,26,31H,5,14H2,1-4H3/b27-25+. The van der Waals surface area contributed by atoms with Gasteiger partial charge in [0.1, 0.15) is 23.0 Å². The molecule has 4 rings (SSSR count). The molecule has 1 aliphatic rings. The van der Waals surface area contributed by atoms with Crippen LogP contribution in [0.3, 0.4) is 0 Å². The number of rotatable bonds is 8. The van der Waals surface area contributed by atoms with Crippen LogP contribution in [0.25, 0.3) is 5.76 Å². The highest BCUT2D eigenvalue weighted by molar-refractivity contribution is 6.51. The minimum atomic E-state index is -0.897. The number of ketones is 1. The SMILES string of the molecule is CCCOc1cccc(N2C(=O)C(=O)/C(=C(/O)c3cc(C)ccc3OC)C2c2cccc(OC)c2)c1. The van der Waals surface area contributed by atoms with E-state index in [0.717, 1.165) is 12.0 Å². The number of nitrogens with zero attached hydrogens (tertiary/aromatic N) is 1. The van der Waals surface area contributed by atoms with E-state index in [1.54, 1.807) is 67.8 Å². The van der Waals surface area contributed by atoms with Gasteiger partial charge in [-0.15, -0.1) is 0 Å².